The first-order valence-electron chi connectivity index (χ1n) is 9.47. The Kier molecular flexibility index (Phi) is 3.50. The van der Waals surface area contributed by atoms with Gasteiger partial charge in [-0.1, -0.05) is 84.9 Å². The zero-order chi connectivity index (χ0) is 18.9. The molecule has 0 N–H and O–H groups in total. The summed E-state index contributed by atoms with van der Waals surface area (Å²) in [5.41, 5.74) is 11.8. The maximum Gasteiger partial charge on any atom is 0.277 e. The van der Waals surface area contributed by atoms with Crippen LogP contribution < -0.4 is 2.87 Å². The van der Waals surface area contributed by atoms with Crippen LogP contribution in [0.1, 0.15) is 22.3 Å². The van der Waals surface area contributed by atoms with Crippen molar-refractivity contribution in [2.24, 2.45) is 0 Å². The van der Waals surface area contributed by atoms with Gasteiger partial charge in [0.25, 0.3) is 33.0 Å². The normalized spacial score (nSPS) is 14.3. The van der Waals surface area contributed by atoms with E-state index in [1.165, 1.54) is 50.2 Å². The molecule has 0 bridgehead atoms. The van der Waals surface area contributed by atoms with Crippen LogP contribution in [0.3, 0.4) is 0 Å². The molecule has 0 aliphatic heterocycles. The van der Waals surface area contributed by atoms with Crippen molar-refractivity contribution in [3.8, 4) is 22.3 Å². The summed E-state index contributed by atoms with van der Waals surface area (Å²) in [6.45, 7) is 0. The molecule has 4 aromatic rings. The molecule has 28 heavy (non-hydrogen) atoms. The topological polar surface area (TPSA) is 3.24 Å². The van der Waals surface area contributed by atoms with Gasteiger partial charge in [-0.05, 0) is 56.3 Å². The van der Waals surface area contributed by atoms with Crippen LogP contribution >= 0.6 is 0 Å². The Balaban J connectivity index is 1.88. The van der Waals surface area contributed by atoms with Crippen LogP contribution in [0.2, 0.25) is 0 Å². The number of nitrogens with zero attached hydrogens (tertiary/aromatic N) is 1. The minimum absolute atomic E-state index is 0.277. The highest BCUT2D eigenvalue weighted by Gasteiger charge is 2.52. The quantitative estimate of drug-likeness (QED) is 0.361. The molecule has 0 fully saturated rings. The van der Waals surface area contributed by atoms with Gasteiger partial charge in [0.15, 0.2) is 0 Å². The van der Waals surface area contributed by atoms with Crippen LogP contribution in [-0.4, -0.2) is 33.0 Å². The zero-order valence-corrected chi connectivity index (χ0v) is 17.6. The Morgan fingerprint density at radius 1 is 0.500 bits per heavy atom. The number of hydrogen-bond donors (Lipinski definition) is 0. The molecule has 4 radical (unpaired) electrons. The molecule has 0 saturated heterocycles. The van der Waals surface area contributed by atoms with Gasteiger partial charge in [-0.2, -0.15) is 0 Å². The third kappa shape index (κ3) is 1.88. The molecule has 4 aromatic carbocycles. The van der Waals surface area contributed by atoms with Gasteiger partial charge in [0.2, 0.25) is 0 Å². The fourth-order valence-electron chi connectivity index (χ4n) is 5.35. The molecule has 3 heteroatoms. The summed E-state index contributed by atoms with van der Waals surface area (Å²) in [5, 5.41) is 0. The minimum Gasteiger partial charge on any atom is -0.586 e. The molecule has 0 unspecified atom stereocenters. The van der Waals surface area contributed by atoms with E-state index >= 15 is 0 Å². The highest BCUT2D eigenvalue weighted by atomic mass is 27.1. The number of fused-ring (bicyclic) bond motifs is 10. The highest BCUT2D eigenvalue weighted by molar-refractivity contribution is 6.42. The molecule has 126 valence electrons. The molecule has 0 saturated carbocycles. The van der Waals surface area contributed by atoms with Crippen molar-refractivity contribution in [3.05, 3.63) is 113 Å². The summed E-state index contributed by atoms with van der Waals surface area (Å²) >= 11 is 5.63. The summed E-state index contributed by atoms with van der Waals surface area (Å²) in [6, 6.07) is 33.4. The van der Waals surface area contributed by atoms with Crippen LogP contribution in [0.25, 0.3) is 22.3 Å². The lowest BCUT2D eigenvalue weighted by atomic mass is 9.70. The average Bonchev–Trinajstić information content (AvgIpc) is 3.21. The van der Waals surface area contributed by atoms with Gasteiger partial charge in [0, 0.05) is 0 Å². The molecule has 2 aliphatic rings. The largest absolute Gasteiger partial charge is 0.586 e. The Bertz CT molecular complexity index is 1200. The Hall–Kier alpha value is -2.26. The molecular formula is C25H15Al2N. The molecule has 0 aromatic heterocycles. The van der Waals surface area contributed by atoms with Crippen molar-refractivity contribution in [2.45, 2.75) is 5.41 Å². The molecule has 6 rings (SSSR count). The van der Waals surface area contributed by atoms with Crippen molar-refractivity contribution in [3.63, 3.8) is 0 Å². The van der Waals surface area contributed by atoms with Gasteiger partial charge < -0.3 is 2.87 Å². The van der Waals surface area contributed by atoms with Crippen molar-refractivity contribution < 1.29 is 0 Å². The summed E-state index contributed by atoms with van der Waals surface area (Å²) in [4.78, 5) is 0. The van der Waals surface area contributed by atoms with Crippen LogP contribution in [0.5, 0.6) is 0 Å². The van der Waals surface area contributed by atoms with Crippen molar-refractivity contribution in [2.75, 3.05) is 2.87 Å². The predicted molar refractivity (Wildman–Crippen MR) is 117 cm³/mol. The second kappa shape index (κ2) is 5.87. The summed E-state index contributed by atoms with van der Waals surface area (Å²) in [7, 11) is 0. The number of hydrogen-bond acceptors (Lipinski definition) is 1. The van der Waals surface area contributed by atoms with Gasteiger partial charge in [-0.25, -0.2) is 0 Å². The molecule has 0 atom stereocenters. The lowest BCUT2D eigenvalue weighted by molar-refractivity contribution is 0.795. The monoisotopic (exact) mass is 383 g/mol. The van der Waals surface area contributed by atoms with Gasteiger partial charge in [0.1, 0.15) is 0 Å². The van der Waals surface area contributed by atoms with Gasteiger partial charge >= 0.3 is 0 Å². The molecular weight excluding hydrogens is 368 g/mol. The fraction of sp³-hybridized carbons (Fsp3) is 0.0400. The van der Waals surface area contributed by atoms with E-state index in [-0.39, 0.29) is 5.41 Å². The second-order valence-electron chi connectivity index (χ2n) is 7.49. The van der Waals surface area contributed by atoms with Gasteiger partial charge in [0.05, 0.1) is 5.41 Å². The molecule has 0 amide bonds. The van der Waals surface area contributed by atoms with E-state index in [1.807, 2.05) is 0 Å². The molecule has 2 aliphatic carbocycles. The third-order valence-corrected chi connectivity index (χ3v) is 6.83. The van der Waals surface area contributed by atoms with Gasteiger partial charge in [-0.15, -0.1) is 0 Å². The van der Waals surface area contributed by atoms with Gasteiger partial charge in [-0.3, -0.25) is 0 Å². The maximum atomic E-state index is 2.81. The Morgan fingerprint density at radius 2 is 0.929 bits per heavy atom. The first-order valence-corrected chi connectivity index (χ1v) is 10.5. The van der Waals surface area contributed by atoms with Crippen LogP contribution in [0.15, 0.2) is 91.0 Å². The predicted octanol–water partition coefficient (Wildman–Crippen LogP) is 5.00. The smallest absolute Gasteiger partial charge is 0.277 e. The third-order valence-electron chi connectivity index (χ3n) is 6.27. The van der Waals surface area contributed by atoms with E-state index in [9.17, 15) is 0 Å². The first kappa shape index (κ1) is 16.7. The van der Waals surface area contributed by atoms with E-state index in [1.54, 1.807) is 0 Å². The highest BCUT2D eigenvalue weighted by Crippen LogP contribution is 2.64. The van der Waals surface area contributed by atoms with Crippen molar-refractivity contribution in [1.29, 1.82) is 0 Å². The van der Waals surface area contributed by atoms with Crippen molar-refractivity contribution in [1.82, 2.24) is 0 Å². The van der Waals surface area contributed by atoms with Crippen LogP contribution in [-0.2, 0) is 5.41 Å². The Morgan fingerprint density at radius 3 is 1.43 bits per heavy atom. The van der Waals surface area contributed by atoms with E-state index in [4.69, 9.17) is 0 Å². The second-order valence-corrected chi connectivity index (χ2v) is 9.20. The summed E-state index contributed by atoms with van der Waals surface area (Å²) in [5.74, 6) is 0. The average molecular weight is 383 g/mol. The maximum absolute atomic E-state index is 2.81. The van der Waals surface area contributed by atoms with Crippen LogP contribution in [0, 0.1) is 0 Å². The lowest BCUT2D eigenvalue weighted by Crippen LogP contribution is -2.29. The SMILES string of the molecule is [Al][N]([Al])c1cccc2c1C1(c3ccccc3-c3ccccc31)c1ccccc1-2. The Labute approximate surface area is 181 Å². The van der Waals surface area contributed by atoms with E-state index in [0.29, 0.717) is 0 Å². The summed E-state index contributed by atoms with van der Waals surface area (Å²) in [6.07, 6.45) is 0. The number of rotatable bonds is 1. The summed E-state index contributed by atoms with van der Waals surface area (Å²) < 4.78 is 2.09. The van der Waals surface area contributed by atoms with E-state index in [2.05, 4.69) is 127 Å². The minimum atomic E-state index is -0.277. The zero-order valence-electron chi connectivity index (χ0n) is 15.3. The standard InChI is InChI=1S/C25H15N.2Al/c26-23-15-7-11-19-18-10-3-6-14-22(18)25(24(19)23)20-12-4-1-8-16(20)17-9-2-5-13-21(17)25;;/h1-15H;;. The van der Waals surface area contributed by atoms with Crippen molar-refractivity contribution >= 4 is 38.7 Å². The van der Waals surface area contributed by atoms with E-state index in [0.717, 1.165) is 0 Å². The van der Waals surface area contributed by atoms with E-state index < -0.39 is 0 Å². The molecule has 1 spiro atoms. The van der Waals surface area contributed by atoms with Crippen LogP contribution in [0.4, 0.5) is 5.69 Å². The number of anilines is 1. The first-order chi connectivity index (χ1) is 13.7. The number of benzene rings is 4. The fourth-order valence-corrected chi connectivity index (χ4v) is 5.78. The molecule has 1 nitrogen and oxygen atoms in total. The lowest BCUT2D eigenvalue weighted by Gasteiger charge is -2.34. The molecule has 0 heterocycles.